The molecule has 0 saturated carbocycles. The maximum atomic E-state index is 13.0. The molecule has 3 heterocycles. The minimum Gasteiger partial charge on any atom is -0.486 e. The second kappa shape index (κ2) is 12.5. The van der Waals surface area contributed by atoms with Crippen molar-refractivity contribution in [3.8, 4) is 23.0 Å². The summed E-state index contributed by atoms with van der Waals surface area (Å²) in [4.78, 5) is 20.4. The summed E-state index contributed by atoms with van der Waals surface area (Å²) in [6.45, 7) is 8.14. The first-order chi connectivity index (χ1) is 17.4. The van der Waals surface area contributed by atoms with Gasteiger partial charge in [-0.3, -0.25) is 4.79 Å². The van der Waals surface area contributed by atoms with E-state index in [-0.39, 0.29) is 30.8 Å². The van der Waals surface area contributed by atoms with Crippen LogP contribution in [-0.4, -0.2) is 43.8 Å². The highest BCUT2D eigenvalue weighted by molar-refractivity contribution is 6.83. The molecule has 2 saturated heterocycles. The maximum Gasteiger partial charge on any atom is 0.293 e. The number of H-pyrrole nitrogens is 1. The van der Waals surface area contributed by atoms with Crippen molar-refractivity contribution in [2.45, 2.75) is 84.0 Å². The van der Waals surface area contributed by atoms with Crippen LogP contribution in [0.25, 0.3) is 0 Å². The molecule has 0 radical (unpaired) electrons. The summed E-state index contributed by atoms with van der Waals surface area (Å²) >= 11 is 0. The number of hydrogen-bond acceptors (Lipinski definition) is 7. The van der Waals surface area contributed by atoms with Crippen LogP contribution in [0.15, 0.2) is 29.1 Å². The van der Waals surface area contributed by atoms with E-state index in [1.165, 1.54) is 0 Å². The Morgan fingerprint density at radius 2 is 1.69 bits per heavy atom. The average Bonchev–Trinajstić information content (AvgIpc) is 2.88. The molecule has 0 bridgehead atoms. The molecule has 194 valence electrons. The number of ether oxygens (including phenoxy) is 5. The van der Waals surface area contributed by atoms with Crippen LogP contribution in [0, 0.1) is 11.5 Å². The highest BCUT2D eigenvalue weighted by atomic mass is 28.3. The summed E-state index contributed by atoms with van der Waals surface area (Å²) < 4.78 is 29.1. The molecule has 1 aromatic carbocycles. The lowest BCUT2D eigenvalue weighted by Crippen LogP contribution is -2.30. The van der Waals surface area contributed by atoms with Crippen molar-refractivity contribution in [3.63, 3.8) is 0 Å². The van der Waals surface area contributed by atoms with Crippen molar-refractivity contribution < 1.29 is 23.7 Å². The second-order valence-electron chi connectivity index (χ2n) is 10.1. The fourth-order valence-electron chi connectivity index (χ4n) is 3.84. The molecule has 8 nitrogen and oxygen atoms in total. The molecule has 2 aromatic rings. The summed E-state index contributed by atoms with van der Waals surface area (Å²) in [5.41, 5.74) is 4.34. The zero-order valence-electron chi connectivity index (χ0n) is 21.4. The van der Waals surface area contributed by atoms with Crippen LogP contribution in [0.1, 0.15) is 55.6 Å². The van der Waals surface area contributed by atoms with E-state index >= 15 is 0 Å². The maximum absolute atomic E-state index is 13.0. The summed E-state index contributed by atoms with van der Waals surface area (Å²) in [6.07, 6.45) is 4.85. The standard InChI is InChI=1S/C27H36N2O6Si/c1-36(2,3)17-14-20-10-12-21(13-11-20)33-19-23-28-22(18-34-24-8-4-6-15-31-24)26(27(30)29-23)35-25-9-5-7-16-32-25/h10-13,24-25H,4-9,15-16,18-19H2,1-3H3,(H,28,29,30). The first-order valence-corrected chi connectivity index (χ1v) is 16.3. The lowest BCUT2D eigenvalue weighted by Gasteiger charge is -2.25. The number of nitrogens with zero attached hydrogens (tertiary/aromatic N) is 1. The SMILES string of the molecule is C[Si](C)(C)C#Cc1ccc(OCc2nc(COC3CCCCO3)c(OC3CCCCO3)c(=O)[nH]2)cc1. The molecule has 2 fully saturated rings. The molecule has 0 amide bonds. The van der Waals surface area contributed by atoms with E-state index in [0.29, 0.717) is 30.5 Å². The van der Waals surface area contributed by atoms with Crippen LogP contribution >= 0.6 is 0 Å². The largest absolute Gasteiger partial charge is 0.486 e. The molecule has 36 heavy (non-hydrogen) atoms. The van der Waals surface area contributed by atoms with Crippen LogP contribution in [0.2, 0.25) is 19.6 Å². The second-order valence-corrected chi connectivity index (χ2v) is 14.9. The number of benzene rings is 1. The van der Waals surface area contributed by atoms with E-state index in [2.05, 4.69) is 41.1 Å². The molecule has 9 heteroatoms. The predicted octanol–water partition coefficient (Wildman–Crippen LogP) is 4.53. The third kappa shape index (κ3) is 8.20. The monoisotopic (exact) mass is 512 g/mol. The Labute approximate surface area is 213 Å². The van der Waals surface area contributed by atoms with Gasteiger partial charge in [-0.15, -0.1) is 5.54 Å². The first-order valence-electron chi connectivity index (χ1n) is 12.8. The Bertz CT molecular complexity index is 1100. The fraction of sp³-hybridized carbons (Fsp3) is 0.556. The molecule has 0 spiro atoms. The van der Waals surface area contributed by atoms with Crippen molar-refractivity contribution >= 4 is 8.07 Å². The quantitative estimate of drug-likeness (QED) is 0.410. The van der Waals surface area contributed by atoms with E-state index in [1.54, 1.807) is 0 Å². The van der Waals surface area contributed by atoms with E-state index < -0.39 is 14.4 Å². The normalized spacial score (nSPS) is 20.3. The van der Waals surface area contributed by atoms with Crippen molar-refractivity contribution in [2.75, 3.05) is 13.2 Å². The zero-order chi connectivity index (χ0) is 25.4. The summed E-state index contributed by atoms with van der Waals surface area (Å²) in [5.74, 6) is 4.42. The molecule has 1 aromatic heterocycles. The van der Waals surface area contributed by atoms with Crippen molar-refractivity contribution in [1.82, 2.24) is 9.97 Å². The number of nitrogens with one attached hydrogen (secondary N) is 1. The van der Waals surface area contributed by atoms with E-state index in [0.717, 1.165) is 44.1 Å². The summed E-state index contributed by atoms with van der Waals surface area (Å²) in [7, 11) is -1.43. The van der Waals surface area contributed by atoms with Crippen LogP contribution in [0.3, 0.4) is 0 Å². The Balaban J connectivity index is 1.45. The minimum atomic E-state index is -1.43. The van der Waals surface area contributed by atoms with Crippen LogP contribution in [-0.2, 0) is 27.4 Å². The Morgan fingerprint density at radius 3 is 2.33 bits per heavy atom. The van der Waals surface area contributed by atoms with Gasteiger partial charge >= 0.3 is 0 Å². The first kappa shape index (κ1) is 26.4. The van der Waals surface area contributed by atoms with Crippen LogP contribution < -0.4 is 15.0 Å². The van der Waals surface area contributed by atoms with Crippen molar-refractivity contribution in [1.29, 1.82) is 0 Å². The smallest absolute Gasteiger partial charge is 0.293 e. The van der Waals surface area contributed by atoms with Gasteiger partial charge < -0.3 is 28.7 Å². The average molecular weight is 513 g/mol. The van der Waals surface area contributed by atoms with Gasteiger partial charge in [0.1, 0.15) is 31.9 Å². The predicted molar refractivity (Wildman–Crippen MR) is 138 cm³/mol. The third-order valence-electron chi connectivity index (χ3n) is 5.74. The van der Waals surface area contributed by atoms with Crippen molar-refractivity contribution in [3.05, 3.63) is 51.7 Å². The van der Waals surface area contributed by atoms with Gasteiger partial charge in [0.2, 0.25) is 5.75 Å². The molecule has 2 atom stereocenters. The molecular weight excluding hydrogens is 476 g/mol. The zero-order valence-corrected chi connectivity index (χ0v) is 22.4. The van der Waals surface area contributed by atoms with Crippen molar-refractivity contribution in [2.24, 2.45) is 0 Å². The van der Waals surface area contributed by atoms with E-state index in [1.807, 2.05) is 24.3 Å². The minimum absolute atomic E-state index is 0.0995. The Kier molecular flexibility index (Phi) is 9.21. The van der Waals surface area contributed by atoms with Gasteiger partial charge in [0, 0.05) is 18.6 Å². The number of hydrogen-bond donors (Lipinski definition) is 1. The third-order valence-corrected chi connectivity index (χ3v) is 6.61. The lowest BCUT2D eigenvalue weighted by atomic mass is 10.2. The Morgan fingerprint density at radius 1 is 1.00 bits per heavy atom. The molecule has 0 aliphatic carbocycles. The molecule has 2 aliphatic rings. The van der Waals surface area contributed by atoms with Gasteiger partial charge in [-0.1, -0.05) is 25.6 Å². The van der Waals surface area contributed by atoms with Gasteiger partial charge in [0.15, 0.2) is 12.6 Å². The highest BCUT2D eigenvalue weighted by Gasteiger charge is 2.23. The highest BCUT2D eigenvalue weighted by Crippen LogP contribution is 2.22. The fourth-order valence-corrected chi connectivity index (χ4v) is 4.36. The van der Waals surface area contributed by atoms with E-state index in [9.17, 15) is 4.79 Å². The molecule has 2 aliphatic heterocycles. The van der Waals surface area contributed by atoms with Crippen LogP contribution in [0.5, 0.6) is 11.5 Å². The van der Waals surface area contributed by atoms with Crippen LogP contribution in [0.4, 0.5) is 0 Å². The van der Waals surface area contributed by atoms with Gasteiger partial charge in [0.25, 0.3) is 5.56 Å². The van der Waals surface area contributed by atoms with Gasteiger partial charge in [-0.2, -0.15) is 0 Å². The summed E-state index contributed by atoms with van der Waals surface area (Å²) in [6, 6.07) is 7.61. The number of rotatable bonds is 8. The summed E-state index contributed by atoms with van der Waals surface area (Å²) in [5, 5.41) is 0. The number of aromatic nitrogens is 2. The topological polar surface area (TPSA) is 91.9 Å². The Hall–Kier alpha value is -2.64. The molecular formula is C27H36N2O6Si. The lowest BCUT2D eigenvalue weighted by molar-refractivity contribution is -0.170. The van der Waals surface area contributed by atoms with E-state index in [4.69, 9.17) is 23.7 Å². The molecule has 4 rings (SSSR count). The molecule has 2 unspecified atom stereocenters. The van der Waals surface area contributed by atoms with Gasteiger partial charge in [-0.25, -0.2) is 4.98 Å². The number of aromatic amines is 1. The van der Waals surface area contributed by atoms with Gasteiger partial charge in [-0.05, 0) is 56.4 Å². The molecule has 1 N–H and O–H groups in total. The van der Waals surface area contributed by atoms with Gasteiger partial charge in [0.05, 0.1) is 13.2 Å².